The second-order valence-corrected chi connectivity index (χ2v) is 7.06. The third-order valence-electron chi connectivity index (χ3n) is 3.02. The van der Waals surface area contributed by atoms with E-state index >= 15 is 0 Å². The third kappa shape index (κ3) is 4.09. The van der Waals surface area contributed by atoms with Gasteiger partial charge in [-0.1, -0.05) is 6.42 Å². The molecule has 90 valence electrons. The van der Waals surface area contributed by atoms with Crippen LogP contribution in [-0.2, 0) is 10.0 Å². The molecule has 1 aliphatic carbocycles. The Morgan fingerprint density at radius 1 is 1.40 bits per heavy atom. The van der Waals surface area contributed by atoms with Crippen LogP contribution in [0, 0.1) is 5.92 Å². The molecule has 1 aliphatic rings. The molecule has 0 spiro atoms. The van der Waals surface area contributed by atoms with Crippen LogP contribution in [0.15, 0.2) is 0 Å². The lowest BCUT2D eigenvalue weighted by atomic mass is 9.86. The summed E-state index contributed by atoms with van der Waals surface area (Å²) in [4.78, 5) is 0. The number of nitrogens with one attached hydrogen (secondary N) is 1. The lowest BCUT2D eigenvalue weighted by Gasteiger charge is -2.26. The van der Waals surface area contributed by atoms with Crippen molar-refractivity contribution in [1.82, 2.24) is 4.72 Å². The van der Waals surface area contributed by atoms with E-state index in [-0.39, 0.29) is 11.3 Å². The maximum atomic E-state index is 11.5. The average molecular weight is 234 g/mol. The van der Waals surface area contributed by atoms with Crippen LogP contribution < -0.4 is 10.5 Å². The normalized spacial score (nSPS) is 28.3. The average Bonchev–Trinajstić information content (AvgIpc) is 2.15. The van der Waals surface area contributed by atoms with Gasteiger partial charge in [0.15, 0.2) is 0 Å². The molecule has 1 rings (SSSR count). The lowest BCUT2D eigenvalue weighted by Crippen LogP contribution is -2.38. The summed E-state index contributed by atoms with van der Waals surface area (Å²) in [6, 6.07) is 0.257. The van der Waals surface area contributed by atoms with Gasteiger partial charge in [0, 0.05) is 12.6 Å². The predicted molar refractivity (Wildman–Crippen MR) is 62.0 cm³/mol. The van der Waals surface area contributed by atoms with E-state index in [9.17, 15) is 8.42 Å². The minimum absolute atomic E-state index is 0.257. The van der Waals surface area contributed by atoms with Gasteiger partial charge < -0.3 is 5.73 Å². The van der Waals surface area contributed by atoms with E-state index in [1.807, 2.05) is 0 Å². The van der Waals surface area contributed by atoms with Crippen molar-refractivity contribution >= 4 is 10.0 Å². The van der Waals surface area contributed by atoms with Gasteiger partial charge in [0.25, 0.3) is 0 Å². The summed E-state index contributed by atoms with van der Waals surface area (Å²) in [7, 11) is -3.11. The zero-order valence-corrected chi connectivity index (χ0v) is 10.4. The summed E-state index contributed by atoms with van der Waals surface area (Å²) >= 11 is 0. The minimum atomic E-state index is -3.11. The molecule has 0 aromatic carbocycles. The van der Waals surface area contributed by atoms with Crippen LogP contribution in [0.4, 0.5) is 0 Å². The van der Waals surface area contributed by atoms with E-state index in [1.54, 1.807) is 13.8 Å². The Balaban J connectivity index is 2.37. The molecular formula is C10H22N2O2S. The molecule has 2 unspecified atom stereocenters. The van der Waals surface area contributed by atoms with Gasteiger partial charge in [-0.25, -0.2) is 13.1 Å². The van der Waals surface area contributed by atoms with Crippen LogP contribution in [-0.4, -0.2) is 26.3 Å². The minimum Gasteiger partial charge on any atom is -0.328 e. The van der Waals surface area contributed by atoms with Crippen molar-refractivity contribution in [3.05, 3.63) is 0 Å². The summed E-state index contributed by atoms with van der Waals surface area (Å²) in [6.45, 7) is 3.93. The molecule has 1 fully saturated rings. The summed E-state index contributed by atoms with van der Waals surface area (Å²) < 4.78 is 25.7. The van der Waals surface area contributed by atoms with E-state index in [0.29, 0.717) is 12.5 Å². The fourth-order valence-electron chi connectivity index (χ4n) is 1.92. The fourth-order valence-corrected chi connectivity index (χ4v) is 2.72. The first kappa shape index (κ1) is 12.9. The van der Waals surface area contributed by atoms with E-state index in [4.69, 9.17) is 5.73 Å². The third-order valence-corrected chi connectivity index (χ3v) is 4.83. The van der Waals surface area contributed by atoms with Gasteiger partial charge in [0.2, 0.25) is 10.0 Å². The molecule has 3 N–H and O–H groups in total. The highest BCUT2D eigenvalue weighted by Crippen LogP contribution is 2.22. The summed E-state index contributed by atoms with van der Waals surface area (Å²) in [5.41, 5.74) is 5.85. The number of nitrogens with two attached hydrogens (primary N) is 1. The highest BCUT2D eigenvalue weighted by atomic mass is 32.2. The molecule has 0 radical (unpaired) electrons. The first-order valence-electron chi connectivity index (χ1n) is 5.66. The van der Waals surface area contributed by atoms with Crippen LogP contribution in [0.2, 0.25) is 0 Å². The first-order chi connectivity index (χ1) is 6.92. The van der Waals surface area contributed by atoms with E-state index in [2.05, 4.69) is 4.72 Å². The highest BCUT2D eigenvalue weighted by Gasteiger charge is 2.22. The van der Waals surface area contributed by atoms with Gasteiger partial charge in [-0.05, 0) is 39.0 Å². The van der Waals surface area contributed by atoms with Crippen LogP contribution in [0.3, 0.4) is 0 Å². The van der Waals surface area contributed by atoms with Crippen molar-refractivity contribution in [2.75, 3.05) is 6.54 Å². The van der Waals surface area contributed by atoms with Gasteiger partial charge in [0.05, 0.1) is 5.25 Å². The van der Waals surface area contributed by atoms with Gasteiger partial charge in [-0.3, -0.25) is 0 Å². The highest BCUT2D eigenvalue weighted by molar-refractivity contribution is 7.90. The molecule has 15 heavy (non-hydrogen) atoms. The molecule has 2 atom stereocenters. The zero-order valence-electron chi connectivity index (χ0n) is 9.57. The molecule has 0 saturated heterocycles. The van der Waals surface area contributed by atoms with Crippen molar-refractivity contribution in [3.8, 4) is 0 Å². The van der Waals surface area contributed by atoms with Crippen molar-refractivity contribution in [2.45, 2.75) is 50.8 Å². The number of hydrogen-bond donors (Lipinski definition) is 2. The monoisotopic (exact) mass is 234 g/mol. The first-order valence-corrected chi connectivity index (χ1v) is 7.20. The van der Waals surface area contributed by atoms with Crippen LogP contribution in [0.25, 0.3) is 0 Å². The van der Waals surface area contributed by atoms with Gasteiger partial charge in [-0.15, -0.1) is 0 Å². The Morgan fingerprint density at radius 3 is 2.60 bits per heavy atom. The zero-order chi connectivity index (χ0) is 11.5. The maximum Gasteiger partial charge on any atom is 0.213 e. The van der Waals surface area contributed by atoms with E-state index in [1.165, 1.54) is 0 Å². The van der Waals surface area contributed by atoms with Gasteiger partial charge >= 0.3 is 0 Å². The topological polar surface area (TPSA) is 72.2 Å². The Morgan fingerprint density at radius 2 is 2.07 bits per heavy atom. The molecule has 0 heterocycles. The van der Waals surface area contributed by atoms with Crippen LogP contribution >= 0.6 is 0 Å². The molecule has 0 aromatic heterocycles. The molecule has 0 bridgehead atoms. The quantitative estimate of drug-likeness (QED) is 0.757. The second-order valence-electron chi connectivity index (χ2n) is 4.73. The largest absolute Gasteiger partial charge is 0.328 e. The Labute approximate surface area is 92.7 Å². The number of sulfonamides is 1. The lowest BCUT2D eigenvalue weighted by molar-refractivity contribution is 0.322. The standard InChI is InChI=1S/C10H22N2O2S/c1-8(2)15(13,14)12-7-9-4-3-5-10(11)6-9/h8-10,12H,3-7,11H2,1-2H3. The van der Waals surface area contributed by atoms with Gasteiger partial charge in [-0.2, -0.15) is 0 Å². The Bertz CT molecular complexity index is 288. The van der Waals surface area contributed by atoms with Crippen LogP contribution in [0.5, 0.6) is 0 Å². The summed E-state index contributed by atoms with van der Waals surface area (Å²) in [6.07, 6.45) is 4.23. The number of hydrogen-bond acceptors (Lipinski definition) is 3. The molecule has 5 heteroatoms. The van der Waals surface area contributed by atoms with Gasteiger partial charge in [0.1, 0.15) is 0 Å². The Hall–Kier alpha value is -0.130. The van der Waals surface area contributed by atoms with Crippen molar-refractivity contribution in [3.63, 3.8) is 0 Å². The van der Waals surface area contributed by atoms with E-state index < -0.39 is 10.0 Å². The predicted octanol–water partition coefficient (Wildman–Crippen LogP) is 0.832. The van der Waals surface area contributed by atoms with Crippen molar-refractivity contribution < 1.29 is 8.42 Å². The molecular weight excluding hydrogens is 212 g/mol. The van der Waals surface area contributed by atoms with Crippen molar-refractivity contribution in [2.24, 2.45) is 11.7 Å². The van der Waals surface area contributed by atoms with Crippen molar-refractivity contribution in [1.29, 1.82) is 0 Å². The fraction of sp³-hybridized carbons (Fsp3) is 1.00. The Kier molecular flexibility index (Phi) is 4.55. The van der Waals surface area contributed by atoms with Crippen LogP contribution in [0.1, 0.15) is 39.5 Å². The molecule has 0 aromatic rings. The molecule has 4 nitrogen and oxygen atoms in total. The molecule has 1 saturated carbocycles. The summed E-state index contributed by atoms with van der Waals surface area (Å²) in [5, 5.41) is -0.352. The molecule has 0 aliphatic heterocycles. The SMILES string of the molecule is CC(C)S(=O)(=O)NCC1CCCC(N)C1. The number of rotatable bonds is 4. The second kappa shape index (κ2) is 5.27. The molecule has 0 amide bonds. The smallest absolute Gasteiger partial charge is 0.213 e. The van der Waals surface area contributed by atoms with E-state index in [0.717, 1.165) is 25.7 Å². The summed E-state index contributed by atoms with van der Waals surface area (Å²) in [5.74, 6) is 0.419. The maximum absolute atomic E-state index is 11.5.